The van der Waals surface area contributed by atoms with Crippen LogP contribution in [0.25, 0.3) is 0 Å². The Kier molecular flexibility index (Phi) is 5.97. The molecule has 0 aromatic heterocycles. The molecule has 0 aliphatic heterocycles. The van der Waals surface area contributed by atoms with Crippen molar-refractivity contribution in [2.24, 2.45) is 0 Å². The molecule has 0 aromatic rings. The number of terminal acetylenes is 1. The molecule has 0 unspecified atom stereocenters. The van der Waals surface area contributed by atoms with Crippen LogP contribution in [0.2, 0.25) is 0 Å². The third kappa shape index (κ3) is 4.86. The van der Waals surface area contributed by atoms with Crippen molar-refractivity contribution in [1.82, 2.24) is 4.90 Å². The highest BCUT2D eigenvalue weighted by molar-refractivity contribution is 4.88. The SMILES string of the molecule is C#CCN(CCCC)C(C)C. The number of rotatable bonds is 5. The molecule has 0 rings (SSSR count). The number of hydrogen-bond donors (Lipinski definition) is 0. The van der Waals surface area contributed by atoms with E-state index in [1.54, 1.807) is 0 Å². The summed E-state index contributed by atoms with van der Waals surface area (Å²) in [6.07, 6.45) is 7.74. The molecular weight excluding hydrogens is 134 g/mol. The van der Waals surface area contributed by atoms with Crippen molar-refractivity contribution in [2.75, 3.05) is 13.1 Å². The molecule has 0 atom stereocenters. The molecule has 1 heteroatoms. The van der Waals surface area contributed by atoms with Gasteiger partial charge in [-0.3, -0.25) is 4.90 Å². The van der Waals surface area contributed by atoms with E-state index in [4.69, 9.17) is 6.42 Å². The summed E-state index contributed by atoms with van der Waals surface area (Å²) in [6, 6.07) is 0.581. The summed E-state index contributed by atoms with van der Waals surface area (Å²) in [7, 11) is 0. The van der Waals surface area contributed by atoms with Crippen molar-refractivity contribution >= 4 is 0 Å². The lowest BCUT2D eigenvalue weighted by Gasteiger charge is -2.23. The highest BCUT2D eigenvalue weighted by Gasteiger charge is 2.05. The summed E-state index contributed by atoms with van der Waals surface area (Å²) in [5.41, 5.74) is 0. The van der Waals surface area contributed by atoms with Gasteiger partial charge in [0.05, 0.1) is 6.54 Å². The molecule has 0 saturated heterocycles. The van der Waals surface area contributed by atoms with E-state index in [1.807, 2.05) is 0 Å². The molecule has 1 nitrogen and oxygen atoms in total. The van der Waals surface area contributed by atoms with Crippen LogP contribution >= 0.6 is 0 Å². The first-order valence-corrected chi connectivity index (χ1v) is 4.39. The van der Waals surface area contributed by atoms with Crippen LogP contribution in [0.3, 0.4) is 0 Å². The Morgan fingerprint density at radius 1 is 1.45 bits per heavy atom. The fraction of sp³-hybridized carbons (Fsp3) is 0.800. The highest BCUT2D eigenvalue weighted by atomic mass is 15.1. The Hall–Kier alpha value is -0.480. The molecule has 0 heterocycles. The van der Waals surface area contributed by atoms with Crippen LogP contribution in [0, 0.1) is 12.3 Å². The van der Waals surface area contributed by atoms with Crippen molar-refractivity contribution in [3.63, 3.8) is 0 Å². The topological polar surface area (TPSA) is 3.24 Å². The monoisotopic (exact) mass is 153 g/mol. The summed E-state index contributed by atoms with van der Waals surface area (Å²) >= 11 is 0. The Bertz CT molecular complexity index is 121. The van der Waals surface area contributed by atoms with E-state index in [-0.39, 0.29) is 0 Å². The van der Waals surface area contributed by atoms with Gasteiger partial charge in [0.2, 0.25) is 0 Å². The van der Waals surface area contributed by atoms with Crippen LogP contribution in [-0.2, 0) is 0 Å². The van der Waals surface area contributed by atoms with Crippen molar-refractivity contribution in [3.8, 4) is 12.3 Å². The van der Waals surface area contributed by atoms with Gasteiger partial charge in [-0.25, -0.2) is 0 Å². The van der Waals surface area contributed by atoms with Gasteiger partial charge in [0.15, 0.2) is 0 Å². The van der Waals surface area contributed by atoms with Gasteiger partial charge in [0.1, 0.15) is 0 Å². The average Bonchev–Trinajstić information content (AvgIpc) is 1.97. The summed E-state index contributed by atoms with van der Waals surface area (Å²) in [5.74, 6) is 2.68. The third-order valence-electron chi connectivity index (χ3n) is 1.82. The first-order chi connectivity index (χ1) is 5.22. The van der Waals surface area contributed by atoms with Gasteiger partial charge in [-0.05, 0) is 26.8 Å². The maximum absolute atomic E-state index is 5.25. The lowest BCUT2D eigenvalue weighted by atomic mass is 10.2. The third-order valence-corrected chi connectivity index (χ3v) is 1.82. The maximum Gasteiger partial charge on any atom is 0.0601 e. The predicted molar refractivity (Wildman–Crippen MR) is 50.5 cm³/mol. The van der Waals surface area contributed by atoms with Crippen LogP contribution in [-0.4, -0.2) is 24.0 Å². The predicted octanol–water partition coefficient (Wildman–Crippen LogP) is 2.13. The molecule has 0 aliphatic rings. The molecule has 11 heavy (non-hydrogen) atoms. The van der Waals surface area contributed by atoms with Gasteiger partial charge in [0.25, 0.3) is 0 Å². The van der Waals surface area contributed by atoms with Gasteiger partial charge in [-0.15, -0.1) is 6.42 Å². The van der Waals surface area contributed by atoms with Gasteiger partial charge < -0.3 is 0 Å². The maximum atomic E-state index is 5.25. The molecule has 0 bridgehead atoms. The van der Waals surface area contributed by atoms with Crippen molar-refractivity contribution in [3.05, 3.63) is 0 Å². The second kappa shape index (κ2) is 6.24. The number of hydrogen-bond acceptors (Lipinski definition) is 1. The zero-order chi connectivity index (χ0) is 8.69. The van der Waals surface area contributed by atoms with Gasteiger partial charge in [0, 0.05) is 6.04 Å². The minimum Gasteiger partial charge on any atom is -0.290 e. The quantitative estimate of drug-likeness (QED) is 0.547. The average molecular weight is 153 g/mol. The molecule has 0 spiro atoms. The van der Waals surface area contributed by atoms with Gasteiger partial charge >= 0.3 is 0 Å². The number of unbranched alkanes of at least 4 members (excludes halogenated alkanes) is 1. The standard InChI is InChI=1S/C10H19N/c1-5-7-9-11(8-6-2)10(3)4/h2,10H,5,7-9H2,1,3-4H3. The van der Waals surface area contributed by atoms with E-state index in [0.29, 0.717) is 6.04 Å². The van der Waals surface area contributed by atoms with Crippen molar-refractivity contribution in [2.45, 2.75) is 39.7 Å². The van der Waals surface area contributed by atoms with Crippen LogP contribution in [0.5, 0.6) is 0 Å². The van der Waals surface area contributed by atoms with E-state index >= 15 is 0 Å². The van der Waals surface area contributed by atoms with Gasteiger partial charge in [-0.2, -0.15) is 0 Å². The Morgan fingerprint density at radius 3 is 2.45 bits per heavy atom. The van der Waals surface area contributed by atoms with Crippen molar-refractivity contribution < 1.29 is 0 Å². The molecular formula is C10H19N. The number of nitrogens with zero attached hydrogens (tertiary/aromatic N) is 1. The van der Waals surface area contributed by atoms with E-state index in [2.05, 4.69) is 31.6 Å². The fourth-order valence-electron chi connectivity index (χ4n) is 0.998. The van der Waals surface area contributed by atoms with Crippen LogP contribution < -0.4 is 0 Å². The van der Waals surface area contributed by atoms with Crippen molar-refractivity contribution in [1.29, 1.82) is 0 Å². The largest absolute Gasteiger partial charge is 0.290 e. The normalized spacial score (nSPS) is 10.5. The Labute approximate surface area is 70.8 Å². The highest BCUT2D eigenvalue weighted by Crippen LogP contribution is 1.99. The van der Waals surface area contributed by atoms with E-state index < -0.39 is 0 Å². The Morgan fingerprint density at radius 2 is 2.09 bits per heavy atom. The second-order valence-corrected chi connectivity index (χ2v) is 3.12. The van der Waals surface area contributed by atoms with Crippen LogP contribution in [0.1, 0.15) is 33.6 Å². The Balaban J connectivity index is 3.62. The van der Waals surface area contributed by atoms with E-state index in [1.165, 1.54) is 12.8 Å². The van der Waals surface area contributed by atoms with Crippen LogP contribution in [0.4, 0.5) is 0 Å². The molecule has 0 fully saturated rings. The molecule has 0 saturated carbocycles. The van der Waals surface area contributed by atoms with E-state index in [0.717, 1.165) is 13.1 Å². The minimum absolute atomic E-state index is 0.581. The van der Waals surface area contributed by atoms with Crippen LogP contribution in [0.15, 0.2) is 0 Å². The summed E-state index contributed by atoms with van der Waals surface area (Å²) in [4.78, 5) is 2.32. The first-order valence-electron chi connectivity index (χ1n) is 4.39. The molecule has 0 aliphatic carbocycles. The first kappa shape index (κ1) is 10.5. The molecule has 0 N–H and O–H groups in total. The summed E-state index contributed by atoms with van der Waals surface area (Å²) in [5, 5.41) is 0. The summed E-state index contributed by atoms with van der Waals surface area (Å²) < 4.78 is 0. The molecule has 0 radical (unpaired) electrons. The van der Waals surface area contributed by atoms with Gasteiger partial charge in [-0.1, -0.05) is 19.3 Å². The zero-order valence-corrected chi connectivity index (χ0v) is 7.93. The molecule has 0 amide bonds. The van der Waals surface area contributed by atoms with E-state index in [9.17, 15) is 0 Å². The lowest BCUT2D eigenvalue weighted by Crippen LogP contribution is -2.32. The molecule has 0 aromatic carbocycles. The fourth-order valence-corrected chi connectivity index (χ4v) is 0.998. The minimum atomic E-state index is 0.581. The molecule has 64 valence electrons. The zero-order valence-electron chi connectivity index (χ0n) is 7.93. The smallest absolute Gasteiger partial charge is 0.0601 e. The lowest BCUT2D eigenvalue weighted by molar-refractivity contribution is 0.246. The second-order valence-electron chi connectivity index (χ2n) is 3.12. The summed E-state index contributed by atoms with van der Waals surface area (Å²) in [6.45, 7) is 8.50.